The van der Waals surface area contributed by atoms with E-state index in [4.69, 9.17) is 4.98 Å². The summed E-state index contributed by atoms with van der Waals surface area (Å²) in [6, 6.07) is 16.2. The Labute approximate surface area is 208 Å². The van der Waals surface area contributed by atoms with Crippen molar-refractivity contribution in [2.24, 2.45) is 5.92 Å². The lowest BCUT2D eigenvalue weighted by Gasteiger charge is -2.33. The molecule has 1 unspecified atom stereocenters. The maximum Gasteiger partial charge on any atom is 0.251 e. The molecular formula is C28H28N6O2. The van der Waals surface area contributed by atoms with Gasteiger partial charge < -0.3 is 15.0 Å². The normalized spacial score (nSPS) is 17.1. The molecule has 1 amide bonds. The highest BCUT2D eigenvalue weighted by atomic mass is 16.3. The highest BCUT2D eigenvalue weighted by Crippen LogP contribution is 2.30. The smallest absolute Gasteiger partial charge is 0.251 e. The number of aromatic nitrogens is 5. The van der Waals surface area contributed by atoms with Crippen LogP contribution in [0.1, 0.15) is 25.5 Å². The number of hydrogen-bond donors (Lipinski definition) is 2. The van der Waals surface area contributed by atoms with E-state index in [9.17, 15) is 9.90 Å². The van der Waals surface area contributed by atoms with Crippen LogP contribution in [-0.4, -0.2) is 59.7 Å². The van der Waals surface area contributed by atoms with Crippen LogP contribution in [0.3, 0.4) is 0 Å². The van der Waals surface area contributed by atoms with Gasteiger partial charge in [-0.25, -0.2) is 4.98 Å². The number of nitrogens with zero attached hydrogens (tertiary/aromatic N) is 5. The number of fused-ring (bicyclic) bond motifs is 3. The number of aliphatic hydroxyl groups excluding tert-OH is 1. The quantitative estimate of drug-likeness (QED) is 0.395. The SMILES string of the molecule is C[C@@H](O)C(=O)N1CCCC(Cc2nc3c(-c4ccc(-c5ccccc5)nc4)cnn3c3[nH]ccc23)C1. The summed E-state index contributed by atoms with van der Waals surface area (Å²) in [6.07, 6.45) is 7.38. The van der Waals surface area contributed by atoms with E-state index in [0.29, 0.717) is 13.1 Å². The lowest BCUT2D eigenvalue weighted by molar-refractivity contribution is -0.141. The Morgan fingerprint density at radius 2 is 2.00 bits per heavy atom. The average Bonchev–Trinajstić information content (AvgIpc) is 3.57. The maximum absolute atomic E-state index is 12.4. The molecule has 8 nitrogen and oxygen atoms in total. The highest BCUT2D eigenvalue weighted by Gasteiger charge is 2.27. The highest BCUT2D eigenvalue weighted by molar-refractivity contribution is 5.86. The zero-order chi connectivity index (χ0) is 24.6. The van der Waals surface area contributed by atoms with Crippen molar-refractivity contribution in [2.75, 3.05) is 13.1 Å². The van der Waals surface area contributed by atoms with Crippen molar-refractivity contribution in [1.29, 1.82) is 0 Å². The Morgan fingerprint density at radius 3 is 2.78 bits per heavy atom. The van der Waals surface area contributed by atoms with Crippen molar-refractivity contribution in [3.05, 3.63) is 72.8 Å². The molecule has 1 aromatic carbocycles. The molecule has 2 N–H and O–H groups in total. The molecule has 6 rings (SSSR count). The van der Waals surface area contributed by atoms with Gasteiger partial charge >= 0.3 is 0 Å². The van der Waals surface area contributed by atoms with Gasteiger partial charge in [0, 0.05) is 47.6 Å². The van der Waals surface area contributed by atoms with Crippen LogP contribution >= 0.6 is 0 Å². The van der Waals surface area contributed by atoms with Gasteiger partial charge in [-0.1, -0.05) is 36.4 Å². The van der Waals surface area contributed by atoms with Crippen molar-refractivity contribution >= 4 is 22.6 Å². The van der Waals surface area contributed by atoms with Crippen LogP contribution < -0.4 is 0 Å². The summed E-state index contributed by atoms with van der Waals surface area (Å²) in [5.41, 5.74) is 6.56. The van der Waals surface area contributed by atoms with Crippen LogP contribution in [0.15, 0.2) is 67.1 Å². The standard InChI is InChI=1S/C28H28N6O2/c1-18(35)28(36)33-13-5-6-19(17-33)14-25-22-11-12-29-26(22)34-27(32-25)23(16-31-34)21-9-10-24(30-15-21)20-7-3-2-4-8-20/h2-4,7-12,15-16,18-19,29,35H,5-6,13-14,17H2,1H3/t18-,19?/m1/s1. The predicted molar refractivity (Wildman–Crippen MR) is 138 cm³/mol. The fourth-order valence-electron chi connectivity index (χ4n) is 5.23. The first-order chi connectivity index (χ1) is 17.6. The molecule has 0 saturated carbocycles. The van der Waals surface area contributed by atoms with Crippen molar-refractivity contribution in [3.63, 3.8) is 0 Å². The molecule has 0 bridgehead atoms. The minimum absolute atomic E-state index is 0.195. The second-order valence-corrected chi connectivity index (χ2v) is 9.56. The summed E-state index contributed by atoms with van der Waals surface area (Å²) in [5.74, 6) is 0.0899. The number of likely N-dealkylation sites (tertiary alicyclic amines) is 1. The van der Waals surface area contributed by atoms with Crippen molar-refractivity contribution in [2.45, 2.75) is 32.3 Å². The second-order valence-electron chi connectivity index (χ2n) is 9.56. The van der Waals surface area contributed by atoms with Crippen molar-refractivity contribution in [1.82, 2.24) is 29.5 Å². The summed E-state index contributed by atoms with van der Waals surface area (Å²) in [6.45, 7) is 2.87. The third-order valence-electron chi connectivity index (χ3n) is 7.05. The molecule has 2 atom stereocenters. The number of carbonyl (C=O) groups excluding carboxylic acids is 1. The number of aromatic amines is 1. The fraction of sp³-hybridized carbons (Fsp3) is 0.286. The number of piperidine rings is 1. The number of amides is 1. The molecule has 0 radical (unpaired) electrons. The number of carbonyl (C=O) groups is 1. The molecule has 4 aromatic heterocycles. The Balaban J connectivity index is 1.34. The molecule has 1 saturated heterocycles. The Morgan fingerprint density at radius 1 is 1.14 bits per heavy atom. The van der Waals surface area contributed by atoms with Gasteiger partial charge in [-0.3, -0.25) is 9.78 Å². The Hall–Kier alpha value is -4.04. The number of benzene rings is 1. The fourth-order valence-corrected chi connectivity index (χ4v) is 5.23. The number of nitrogens with one attached hydrogen (secondary N) is 1. The van der Waals surface area contributed by atoms with Crippen LogP contribution in [-0.2, 0) is 11.2 Å². The first kappa shape index (κ1) is 22.4. The maximum atomic E-state index is 12.4. The summed E-state index contributed by atoms with van der Waals surface area (Å²) in [4.78, 5) is 27.3. The number of hydrogen-bond acceptors (Lipinski definition) is 5. The zero-order valence-electron chi connectivity index (χ0n) is 20.1. The number of aliphatic hydroxyl groups is 1. The molecule has 182 valence electrons. The van der Waals surface area contributed by atoms with E-state index in [2.05, 4.69) is 21.1 Å². The third kappa shape index (κ3) is 4.03. The summed E-state index contributed by atoms with van der Waals surface area (Å²) >= 11 is 0. The molecule has 1 aliphatic heterocycles. The van der Waals surface area contributed by atoms with Crippen molar-refractivity contribution in [3.8, 4) is 22.4 Å². The molecule has 5 aromatic rings. The van der Waals surface area contributed by atoms with Gasteiger partial charge in [0.2, 0.25) is 0 Å². The van der Waals surface area contributed by atoms with Gasteiger partial charge in [0.1, 0.15) is 11.8 Å². The second kappa shape index (κ2) is 9.20. The van der Waals surface area contributed by atoms with Gasteiger partial charge in [-0.05, 0) is 44.2 Å². The number of H-pyrrole nitrogens is 1. The average molecular weight is 481 g/mol. The van der Waals surface area contributed by atoms with E-state index >= 15 is 0 Å². The summed E-state index contributed by atoms with van der Waals surface area (Å²) < 4.78 is 1.85. The van der Waals surface area contributed by atoms with Gasteiger partial charge in [0.25, 0.3) is 5.91 Å². The minimum atomic E-state index is -0.967. The number of rotatable bonds is 5. The zero-order valence-corrected chi connectivity index (χ0v) is 20.1. The molecule has 5 heterocycles. The first-order valence-electron chi connectivity index (χ1n) is 12.4. The monoisotopic (exact) mass is 480 g/mol. The van der Waals surface area contributed by atoms with E-state index in [1.807, 2.05) is 65.6 Å². The van der Waals surface area contributed by atoms with E-state index in [-0.39, 0.29) is 11.8 Å². The first-order valence-corrected chi connectivity index (χ1v) is 12.4. The third-order valence-corrected chi connectivity index (χ3v) is 7.05. The molecule has 1 aliphatic rings. The van der Waals surface area contributed by atoms with Crippen LogP contribution in [0.4, 0.5) is 0 Å². The van der Waals surface area contributed by atoms with Crippen LogP contribution in [0.25, 0.3) is 39.1 Å². The van der Waals surface area contributed by atoms with Crippen LogP contribution in [0, 0.1) is 5.92 Å². The number of pyridine rings is 1. The minimum Gasteiger partial charge on any atom is -0.384 e. The molecule has 1 fully saturated rings. The molecule has 8 heteroatoms. The van der Waals surface area contributed by atoms with Crippen LogP contribution in [0.2, 0.25) is 0 Å². The van der Waals surface area contributed by atoms with E-state index in [1.54, 1.807) is 4.90 Å². The molecule has 0 spiro atoms. The largest absolute Gasteiger partial charge is 0.384 e. The van der Waals surface area contributed by atoms with Crippen LogP contribution in [0.5, 0.6) is 0 Å². The molecular weight excluding hydrogens is 452 g/mol. The van der Waals surface area contributed by atoms with Gasteiger partial charge in [-0.2, -0.15) is 9.61 Å². The lowest BCUT2D eigenvalue weighted by Crippen LogP contribution is -2.44. The molecule has 0 aliphatic carbocycles. The topological polar surface area (TPSA) is 99.4 Å². The molecule has 36 heavy (non-hydrogen) atoms. The van der Waals surface area contributed by atoms with E-state index in [0.717, 1.165) is 64.0 Å². The van der Waals surface area contributed by atoms with Gasteiger partial charge in [0.15, 0.2) is 5.65 Å². The van der Waals surface area contributed by atoms with E-state index in [1.165, 1.54) is 6.92 Å². The van der Waals surface area contributed by atoms with Crippen molar-refractivity contribution < 1.29 is 9.90 Å². The van der Waals surface area contributed by atoms with Gasteiger partial charge in [0.05, 0.1) is 17.6 Å². The lowest BCUT2D eigenvalue weighted by atomic mass is 9.92. The Bertz CT molecular complexity index is 1520. The Kier molecular flexibility index (Phi) is 5.73. The van der Waals surface area contributed by atoms with Gasteiger partial charge in [-0.15, -0.1) is 0 Å². The summed E-state index contributed by atoms with van der Waals surface area (Å²) in [7, 11) is 0. The summed E-state index contributed by atoms with van der Waals surface area (Å²) in [5, 5.41) is 15.4. The predicted octanol–water partition coefficient (Wildman–Crippen LogP) is 4.10. The van der Waals surface area contributed by atoms with E-state index < -0.39 is 6.10 Å².